The quantitative estimate of drug-likeness (QED) is 0.311. The van der Waals surface area contributed by atoms with Crippen LogP contribution in [0.25, 0.3) is 11.0 Å². The number of rotatable bonds is 7. The smallest absolute Gasteiger partial charge is 0.224 e. The predicted octanol–water partition coefficient (Wildman–Crippen LogP) is 7.11. The first kappa shape index (κ1) is 22.1. The molecule has 1 aromatic heterocycles. The van der Waals surface area contributed by atoms with Crippen molar-refractivity contribution in [2.45, 2.75) is 50.9 Å². The molecule has 1 saturated carbocycles. The third-order valence-corrected chi connectivity index (χ3v) is 6.39. The number of imidazole rings is 1. The largest absolute Gasteiger partial charge is 0.455 e. The molecule has 0 radical (unpaired) electrons. The van der Waals surface area contributed by atoms with Gasteiger partial charge < -0.3 is 15.0 Å². The number of halogens is 1. The number of hydrogen-bond acceptors (Lipinski definition) is 3. The van der Waals surface area contributed by atoms with E-state index in [0.717, 1.165) is 35.3 Å². The Bertz CT molecular complexity index is 1260. The molecule has 1 aliphatic rings. The second-order valence-corrected chi connectivity index (χ2v) is 8.91. The van der Waals surface area contributed by atoms with E-state index in [-0.39, 0.29) is 11.7 Å². The van der Waals surface area contributed by atoms with Crippen molar-refractivity contribution in [1.82, 2.24) is 9.97 Å². The van der Waals surface area contributed by atoms with Crippen molar-refractivity contribution >= 4 is 22.6 Å². The maximum atomic E-state index is 13.4. The number of ether oxygens (including phenoxy) is 1. The number of hydrogen-bond donors (Lipinski definition) is 2. The number of aryl methyl sites for hydroxylation is 1. The summed E-state index contributed by atoms with van der Waals surface area (Å²) in [5, 5.41) is 3.00. The Morgan fingerprint density at radius 1 is 1.03 bits per heavy atom. The number of aromatic nitrogens is 2. The summed E-state index contributed by atoms with van der Waals surface area (Å²) in [6, 6.07) is 19.5. The highest BCUT2D eigenvalue weighted by Crippen LogP contribution is 2.36. The summed E-state index contributed by atoms with van der Waals surface area (Å²) in [7, 11) is 0. The molecular weight excluding hydrogens is 429 g/mol. The summed E-state index contributed by atoms with van der Waals surface area (Å²) < 4.78 is 19.4. The molecule has 1 fully saturated rings. The fourth-order valence-corrected chi connectivity index (χ4v) is 4.55. The lowest BCUT2D eigenvalue weighted by Gasteiger charge is -2.18. The number of nitrogens with one attached hydrogen (secondary N) is 2. The molecule has 0 unspecified atom stereocenters. The Labute approximate surface area is 198 Å². The Hall–Kier alpha value is -3.67. The summed E-state index contributed by atoms with van der Waals surface area (Å²) in [6.07, 6.45) is 7.02. The Kier molecular flexibility index (Phi) is 6.56. The van der Waals surface area contributed by atoms with Gasteiger partial charge in [0, 0.05) is 18.4 Å². The van der Waals surface area contributed by atoms with Crippen LogP contribution in [0.2, 0.25) is 0 Å². The molecule has 5 rings (SSSR count). The minimum Gasteiger partial charge on any atom is -0.455 e. The molecule has 0 aliphatic heterocycles. The predicted molar refractivity (Wildman–Crippen MR) is 132 cm³/mol. The first-order valence-corrected chi connectivity index (χ1v) is 11.9. The van der Waals surface area contributed by atoms with Crippen molar-refractivity contribution in [1.29, 1.82) is 0 Å². The number of carbonyl (C=O) groups excluding carboxylic acids is 1. The minimum atomic E-state index is -0.331. The lowest BCUT2D eigenvalue weighted by Crippen LogP contribution is -2.13. The van der Waals surface area contributed by atoms with Gasteiger partial charge in [-0.1, -0.05) is 49.6 Å². The zero-order valence-corrected chi connectivity index (χ0v) is 19.0. The third-order valence-electron chi connectivity index (χ3n) is 6.39. The number of carbonyl (C=O) groups is 1. The fraction of sp³-hybridized carbons (Fsp3) is 0.286. The molecule has 1 amide bonds. The summed E-state index contributed by atoms with van der Waals surface area (Å²) >= 11 is 0. The minimum absolute atomic E-state index is 0.102. The molecule has 0 bridgehead atoms. The normalized spacial score (nSPS) is 14.3. The number of benzene rings is 3. The Balaban J connectivity index is 1.41. The molecule has 1 heterocycles. The maximum Gasteiger partial charge on any atom is 0.224 e. The Morgan fingerprint density at radius 3 is 2.56 bits per heavy atom. The summed E-state index contributed by atoms with van der Waals surface area (Å²) in [5.74, 6) is 1.98. The van der Waals surface area contributed by atoms with Gasteiger partial charge in [0.1, 0.15) is 17.4 Å². The molecule has 0 atom stereocenters. The van der Waals surface area contributed by atoms with Gasteiger partial charge in [-0.05, 0) is 55.2 Å². The fourth-order valence-electron chi connectivity index (χ4n) is 4.55. The maximum absolute atomic E-state index is 13.4. The molecule has 5 nitrogen and oxygen atoms in total. The van der Waals surface area contributed by atoms with Crippen LogP contribution in [0.1, 0.15) is 55.8 Å². The van der Waals surface area contributed by atoms with Crippen molar-refractivity contribution in [3.63, 3.8) is 0 Å². The van der Waals surface area contributed by atoms with Crippen LogP contribution in [0.5, 0.6) is 11.5 Å². The van der Waals surface area contributed by atoms with Crippen molar-refractivity contribution < 1.29 is 13.9 Å². The van der Waals surface area contributed by atoms with E-state index in [0.29, 0.717) is 35.9 Å². The van der Waals surface area contributed by atoms with Gasteiger partial charge in [0.25, 0.3) is 0 Å². The van der Waals surface area contributed by atoms with Crippen LogP contribution in [-0.2, 0) is 11.2 Å². The molecule has 34 heavy (non-hydrogen) atoms. The van der Waals surface area contributed by atoms with Gasteiger partial charge in [0.2, 0.25) is 5.91 Å². The van der Waals surface area contributed by atoms with E-state index in [1.54, 1.807) is 12.1 Å². The van der Waals surface area contributed by atoms with E-state index in [1.807, 2.05) is 42.5 Å². The van der Waals surface area contributed by atoms with Gasteiger partial charge >= 0.3 is 0 Å². The summed E-state index contributed by atoms with van der Waals surface area (Å²) in [4.78, 5) is 21.1. The van der Waals surface area contributed by atoms with Crippen molar-refractivity contribution in [2.24, 2.45) is 0 Å². The van der Waals surface area contributed by atoms with Gasteiger partial charge in [0.15, 0.2) is 5.75 Å². The van der Waals surface area contributed by atoms with Gasteiger partial charge in [-0.25, -0.2) is 9.37 Å². The van der Waals surface area contributed by atoms with Crippen LogP contribution in [0.3, 0.4) is 0 Å². The number of anilines is 1. The first-order valence-electron chi connectivity index (χ1n) is 11.9. The Morgan fingerprint density at radius 2 is 1.79 bits per heavy atom. The number of nitrogens with zero attached hydrogens (tertiary/aromatic N) is 1. The third kappa shape index (κ3) is 5.28. The van der Waals surface area contributed by atoms with Crippen molar-refractivity contribution in [2.75, 3.05) is 5.32 Å². The van der Waals surface area contributed by atoms with Crippen molar-refractivity contribution in [3.8, 4) is 11.5 Å². The highest BCUT2D eigenvalue weighted by molar-refractivity contribution is 5.95. The second-order valence-electron chi connectivity index (χ2n) is 8.91. The van der Waals surface area contributed by atoms with Crippen LogP contribution in [0.4, 0.5) is 10.1 Å². The van der Waals surface area contributed by atoms with Crippen LogP contribution in [-0.4, -0.2) is 15.9 Å². The van der Waals surface area contributed by atoms with E-state index in [1.165, 1.54) is 31.4 Å². The topological polar surface area (TPSA) is 67.0 Å². The summed E-state index contributed by atoms with van der Waals surface area (Å²) in [5.41, 5.74) is 3.32. The SMILES string of the molecule is O=C(CCc1ccccc1)Nc1cc2nc(C3CCCCC3)[nH]c2cc1Oc1ccc(F)cc1. The number of fused-ring (bicyclic) bond motifs is 1. The molecule has 174 valence electrons. The standard InChI is InChI=1S/C28H28FN3O2/c29-21-12-14-22(15-13-21)34-26-18-24-23(31-28(32-24)20-9-5-2-6-10-20)17-25(26)30-27(33)16-11-19-7-3-1-4-8-19/h1,3-4,7-8,12-15,17-18,20H,2,5-6,9-11,16H2,(H,30,33)(H,31,32). The van der Waals surface area contributed by atoms with E-state index in [9.17, 15) is 9.18 Å². The lowest BCUT2D eigenvalue weighted by atomic mass is 9.89. The van der Waals surface area contributed by atoms with Crippen LogP contribution in [0.15, 0.2) is 66.7 Å². The lowest BCUT2D eigenvalue weighted by molar-refractivity contribution is -0.116. The van der Waals surface area contributed by atoms with Gasteiger partial charge in [0.05, 0.1) is 16.7 Å². The van der Waals surface area contributed by atoms with Gasteiger partial charge in [-0.2, -0.15) is 0 Å². The number of amides is 1. The zero-order chi connectivity index (χ0) is 23.3. The number of aromatic amines is 1. The molecule has 1 aliphatic carbocycles. The van der Waals surface area contributed by atoms with E-state index in [2.05, 4.69) is 10.3 Å². The first-order chi connectivity index (χ1) is 16.6. The molecular formula is C28H28FN3O2. The molecule has 3 aromatic carbocycles. The van der Waals surface area contributed by atoms with Gasteiger partial charge in [-0.3, -0.25) is 4.79 Å². The number of H-pyrrole nitrogens is 1. The van der Waals surface area contributed by atoms with E-state index < -0.39 is 0 Å². The van der Waals surface area contributed by atoms with Gasteiger partial charge in [-0.15, -0.1) is 0 Å². The van der Waals surface area contributed by atoms with E-state index in [4.69, 9.17) is 9.72 Å². The van der Waals surface area contributed by atoms with Crippen LogP contribution >= 0.6 is 0 Å². The second kappa shape index (κ2) is 10.1. The summed E-state index contributed by atoms with van der Waals surface area (Å²) in [6.45, 7) is 0. The average Bonchev–Trinajstić information content (AvgIpc) is 3.28. The molecule has 2 N–H and O–H groups in total. The molecule has 0 spiro atoms. The highest BCUT2D eigenvalue weighted by Gasteiger charge is 2.20. The average molecular weight is 458 g/mol. The molecule has 6 heteroatoms. The van der Waals surface area contributed by atoms with Crippen LogP contribution in [0, 0.1) is 5.82 Å². The highest BCUT2D eigenvalue weighted by atomic mass is 19.1. The van der Waals surface area contributed by atoms with Crippen LogP contribution < -0.4 is 10.1 Å². The van der Waals surface area contributed by atoms with E-state index >= 15 is 0 Å². The molecule has 0 saturated heterocycles. The monoisotopic (exact) mass is 457 g/mol. The molecule has 4 aromatic rings. The zero-order valence-electron chi connectivity index (χ0n) is 19.0. The van der Waals surface area contributed by atoms with Crippen molar-refractivity contribution in [3.05, 3.63) is 83.9 Å².